The highest BCUT2D eigenvalue weighted by Gasteiger charge is 2.33. The lowest BCUT2D eigenvalue weighted by molar-refractivity contribution is 0.257. The second-order valence-electron chi connectivity index (χ2n) is 5.21. The van der Waals surface area contributed by atoms with E-state index in [0.717, 1.165) is 18.7 Å². The van der Waals surface area contributed by atoms with Crippen molar-refractivity contribution in [3.63, 3.8) is 0 Å². The van der Waals surface area contributed by atoms with Gasteiger partial charge in [0.2, 0.25) is 0 Å². The predicted molar refractivity (Wildman–Crippen MR) is 67.6 cm³/mol. The van der Waals surface area contributed by atoms with Gasteiger partial charge in [-0.15, -0.1) is 0 Å². The number of nitrogens with zero attached hydrogens (tertiary/aromatic N) is 1. The highest BCUT2D eigenvalue weighted by molar-refractivity contribution is 5.59. The molecular formula is C14H19FN2. The SMILES string of the molecule is NCC(C1CCC1)N1CCc2ccc(F)cc21. The lowest BCUT2D eigenvalue weighted by Gasteiger charge is -2.40. The van der Waals surface area contributed by atoms with Crippen LogP contribution in [0.4, 0.5) is 10.1 Å². The quantitative estimate of drug-likeness (QED) is 0.869. The Morgan fingerprint density at radius 2 is 2.24 bits per heavy atom. The second kappa shape index (κ2) is 4.30. The third-order valence-electron chi connectivity index (χ3n) is 4.31. The van der Waals surface area contributed by atoms with Crippen molar-refractivity contribution in [3.8, 4) is 0 Å². The standard InChI is InChI=1S/C14H19FN2/c15-12-5-4-11-6-7-17(13(11)8-12)14(9-16)10-2-1-3-10/h4-5,8,10,14H,1-3,6-7,9,16H2. The number of nitrogens with two attached hydrogens (primary N) is 1. The summed E-state index contributed by atoms with van der Waals surface area (Å²) < 4.78 is 13.3. The van der Waals surface area contributed by atoms with Crippen LogP contribution in [0.2, 0.25) is 0 Å². The fourth-order valence-corrected chi connectivity index (χ4v) is 3.12. The van der Waals surface area contributed by atoms with Crippen LogP contribution in [0.1, 0.15) is 24.8 Å². The molecule has 0 bridgehead atoms. The summed E-state index contributed by atoms with van der Waals surface area (Å²) >= 11 is 0. The Morgan fingerprint density at radius 1 is 1.41 bits per heavy atom. The van der Waals surface area contributed by atoms with Crippen LogP contribution in [0.25, 0.3) is 0 Å². The first-order valence-electron chi connectivity index (χ1n) is 6.54. The highest BCUT2D eigenvalue weighted by Crippen LogP contribution is 2.37. The van der Waals surface area contributed by atoms with Crippen molar-refractivity contribution in [1.29, 1.82) is 0 Å². The van der Waals surface area contributed by atoms with Crippen molar-refractivity contribution < 1.29 is 4.39 Å². The minimum absolute atomic E-state index is 0.139. The monoisotopic (exact) mass is 234 g/mol. The first-order valence-corrected chi connectivity index (χ1v) is 6.54. The lowest BCUT2D eigenvalue weighted by atomic mass is 9.79. The minimum Gasteiger partial charge on any atom is -0.366 e. The van der Waals surface area contributed by atoms with E-state index in [4.69, 9.17) is 5.73 Å². The molecule has 1 aliphatic carbocycles. The fraction of sp³-hybridized carbons (Fsp3) is 0.571. The summed E-state index contributed by atoms with van der Waals surface area (Å²) in [5.41, 5.74) is 8.27. The van der Waals surface area contributed by atoms with E-state index in [-0.39, 0.29) is 5.82 Å². The van der Waals surface area contributed by atoms with Gasteiger partial charge in [0.25, 0.3) is 0 Å². The molecule has 0 radical (unpaired) electrons. The van der Waals surface area contributed by atoms with E-state index < -0.39 is 0 Å². The summed E-state index contributed by atoms with van der Waals surface area (Å²) in [5.74, 6) is 0.578. The molecule has 1 aliphatic heterocycles. The Morgan fingerprint density at radius 3 is 2.88 bits per heavy atom. The molecule has 1 aromatic carbocycles. The van der Waals surface area contributed by atoms with Crippen LogP contribution < -0.4 is 10.6 Å². The zero-order valence-corrected chi connectivity index (χ0v) is 10.0. The zero-order valence-electron chi connectivity index (χ0n) is 10.0. The first kappa shape index (κ1) is 11.0. The first-order chi connectivity index (χ1) is 8.29. The zero-order chi connectivity index (χ0) is 11.8. The summed E-state index contributed by atoms with van der Waals surface area (Å²) in [5, 5.41) is 0. The summed E-state index contributed by atoms with van der Waals surface area (Å²) in [6.07, 6.45) is 4.91. The van der Waals surface area contributed by atoms with Gasteiger partial charge in [-0.05, 0) is 42.9 Å². The molecule has 2 nitrogen and oxygen atoms in total. The van der Waals surface area contributed by atoms with Crippen LogP contribution in [-0.4, -0.2) is 19.1 Å². The van der Waals surface area contributed by atoms with Gasteiger partial charge in [0.1, 0.15) is 5.82 Å². The van der Waals surface area contributed by atoms with Crippen LogP contribution in [0.15, 0.2) is 18.2 Å². The van der Waals surface area contributed by atoms with Crippen LogP contribution in [0.5, 0.6) is 0 Å². The van der Waals surface area contributed by atoms with Crippen molar-refractivity contribution in [2.24, 2.45) is 11.7 Å². The topological polar surface area (TPSA) is 29.3 Å². The molecule has 2 N–H and O–H groups in total. The van der Waals surface area contributed by atoms with E-state index >= 15 is 0 Å². The van der Waals surface area contributed by atoms with Gasteiger partial charge >= 0.3 is 0 Å². The Kier molecular flexibility index (Phi) is 2.79. The van der Waals surface area contributed by atoms with Crippen molar-refractivity contribution in [2.45, 2.75) is 31.7 Å². The third kappa shape index (κ3) is 1.82. The van der Waals surface area contributed by atoms with Crippen LogP contribution >= 0.6 is 0 Å². The van der Waals surface area contributed by atoms with Gasteiger partial charge in [0.15, 0.2) is 0 Å². The Hall–Kier alpha value is -1.09. The number of anilines is 1. The van der Waals surface area contributed by atoms with Crippen molar-refractivity contribution in [2.75, 3.05) is 18.0 Å². The van der Waals surface area contributed by atoms with E-state index in [9.17, 15) is 4.39 Å². The van der Waals surface area contributed by atoms with Gasteiger partial charge in [-0.1, -0.05) is 12.5 Å². The average molecular weight is 234 g/mol. The molecule has 0 aromatic heterocycles. The molecule has 1 aromatic rings. The summed E-state index contributed by atoms with van der Waals surface area (Å²) in [7, 11) is 0. The summed E-state index contributed by atoms with van der Waals surface area (Å²) in [6, 6.07) is 5.55. The van der Waals surface area contributed by atoms with Gasteiger partial charge < -0.3 is 10.6 Å². The second-order valence-corrected chi connectivity index (χ2v) is 5.21. The molecule has 92 valence electrons. The van der Waals surface area contributed by atoms with Gasteiger partial charge in [0, 0.05) is 24.8 Å². The number of rotatable bonds is 3. The van der Waals surface area contributed by atoms with E-state index in [1.54, 1.807) is 12.1 Å². The maximum Gasteiger partial charge on any atom is 0.125 e. The van der Waals surface area contributed by atoms with E-state index in [0.29, 0.717) is 18.5 Å². The van der Waals surface area contributed by atoms with Crippen LogP contribution in [-0.2, 0) is 6.42 Å². The number of hydrogen-bond donors (Lipinski definition) is 1. The molecule has 1 heterocycles. The Labute approximate surface area is 102 Å². The van der Waals surface area contributed by atoms with Crippen molar-refractivity contribution in [3.05, 3.63) is 29.6 Å². The van der Waals surface area contributed by atoms with Gasteiger partial charge in [0.05, 0.1) is 0 Å². The van der Waals surface area contributed by atoms with E-state index in [2.05, 4.69) is 4.90 Å². The molecule has 1 unspecified atom stereocenters. The van der Waals surface area contributed by atoms with Crippen LogP contribution in [0.3, 0.4) is 0 Å². The molecule has 3 heteroatoms. The smallest absolute Gasteiger partial charge is 0.125 e. The maximum atomic E-state index is 13.3. The molecule has 0 spiro atoms. The van der Waals surface area contributed by atoms with Gasteiger partial charge in [-0.2, -0.15) is 0 Å². The normalized spacial score (nSPS) is 21.2. The Bertz CT molecular complexity index is 415. The lowest BCUT2D eigenvalue weighted by Crippen LogP contribution is -2.47. The van der Waals surface area contributed by atoms with Crippen LogP contribution in [0, 0.1) is 11.7 Å². The molecular weight excluding hydrogens is 215 g/mol. The largest absolute Gasteiger partial charge is 0.366 e. The van der Waals surface area contributed by atoms with Gasteiger partial charge in [-0.3, -0.25) is 0 Å². The van der Waals surface area contributed by atoms with Gasteiger partial charge in [-0.25, -0.2) is 4.39 Å². The molecule has 1 atom stereocenters. The third-order valence-corrected chi connectivity index (χ3v) is 4.31. The minimum atomic E-state index is -0.139. The molecule has 17 heavy (non-hydrogen) atoms. The van der Waals surface area contributed by atoms with Crippen molar-refractivity contribution in [1.82, 2.24) is 0 Å². The number of fused-ring (bicyclic) bond motifs is 1. The molecule has 1 saturated carbocycles. The molecule has 0 saturated heterocycles. The van der Waals surface area contributed by atoms with E-state index in [1.807, 2.05) is 6.07 Å². The maximum absolute atomic E-state index is 13.3. The predicted octanol–water partition coefficient (Wildman–Crippen LogP) is 2.32. The summed E-state index contributed by atoms with van der Waals surface area (Å²) in [4.78, 5) is 2.34. The fourth-order valence-electron chi connectivity index (χ4n) is 3.12. The number of benzene rings is 1. The van der Waals surface area contributed by atoms with Crippen molar-refractivity contribution >= 4 is 5.69 Å². The summed E-state index contributed by atoms with van der Waals surface area (Å²) in [6.45, 7) is 1.68. The van der Waals surface area contributed by atoms with E-state index in [1.165, 1.54) is 24.8 Å². The Balaban J connectivity index is 1.88. The highest BCUT2D eigenvalue weighted by atomic mass is 19.1. The molecule has 2 aliphatic rings. The molecule has 3 rings (SSSR count). The molecule has 0 amide bonds. The number of halogens is 1. The molecule has 1 fully saturated rings. The average Bonchev–Trinajstić information content (AvgIpc) is 2.66. The number of hydrogen-bond acceptors (Lipinski definition) is 2.